The molecule has 1 aromatic rings. The second-order valence-electron chi connectivity index (χ2n) is 2.78. The lowest BCUT2D eigenvalue weighted by Crippen LogP contribution is -2.21. The number of hydrogen-bond acceptors (Lipinski definition) is 5. The Kier molecular flexibility index (Phi) is 2.97. The van der Waals surface area contributed by atoms with Gasteiger partial charge in [-0.1, -0.05) is 17.8 Å². The Hall–Kier alpha value is -0.390. The highest BCUT2D eigenvalue weighted by molar-refractivity contribution is 7.98. The summed E-state index contributed by atoms with van der Waals surface area (Å²) < 4.78 is 4.23. The zero-order valence-corrected chi connectivity index (χ0v) is 9.04. The molecule has 0 bridgehead atoms. The first-order valence-electron chi connectivity index (χ1n) is 4.18. The minimum Gasteiger partial charge on any atom is -0.312 e. The first-order chi connectivity index (χ1) is 6.40. The molecule has 0 spiro atoms. The number of hydrogen-bond donors (Lipinski definition) is 1. The van der Waals surface area contributed by atoms with Crippen molar-refractivity contribution in [3.05, 3.63) is 11.1 Å². The molecule has 1 aliphatic heterocycles. The van der Waals surface area contributed by atoms with Crippen LogP contribution in [0.1, 0.15) is 11.4 Å². The number of thioether (sulfide) groups is 1. The van der Waals surface area contributed by atoms with Crippen molar-refractivity contribution in [1.29, 1.82) is 0 Å². The van der Waals surface area contributed by atoms with Crippen LogP contribution < -0.4 is 5.32 Å². The van der Waals surface area contributed by atoms with Gasteiger partial charge in [0.25, 0.3) is 0 Å². The summed E-state index contributed by atoms with van der Waals surface area (Å²) in [6, 6.07) is 0. The normalized spacial score (nSPS) is 17.2. The Labute approximate surface area is 85.8 Å². The average molecular weight is 213 g/mol. The van der Waals surface area contributed by atoms with Gasteiger partial charge in [-0.3, -0.25) is 0 Å². The molecule has 0 atom stereocenters. The van der Waals surface area contributed by atoms with Crippen molar-refractivity contribution in [1.82, 2.24) is 14.7 Å². The van der Waals surface area contributed by atoms with E-state index < -0.39 is 0 Å². The van der Waals surface area contributed by atoms with Crippen molar-refractivity contribution in [2.45, 2.75) is 11.6 Å². The highest BCUT2D eigenvalue weighted by atomic mass is 32.2. The van der Waals surface area contributed by atoms with E-state index in [2.05, 4.69) is 20.8 Å². The van der Waals surface area contributed by atoms with Crippen LogP contribution >= 0.6 is 23.3 Å². The summed E-state index contributed by atoms with van der Waals surface area (Å²) in [5, 5.41) is 5.27. The highest BCUT2D eigenvalue weighted by Crippen LogP contribution is 2.21. The fraction of sp³-hybridized carbons (Fsp3) is 0.500. The van der Waals surface area contributed by atoms with Crippen molar-refractivity contribution >= 4 is 28.9 Å². The molecule has 0 aliphatic carbocycles. The van der Waals surface area contributed by atoms with Gasteiger partial charge in [-0.25, -0.2) is 4.98 Å². The van der Waals surface area contributed by atoms with E-state index in [9.17, 15) is 0 Å². The maximum absolute atomic E-state index is 4.41. The average Bonchev–Trinajstić information content (AvgIpc) is 2.67. The summed E-state index contributed by atoms with van der Waals surface area (Å²) in [6.07, 6.45) is 5.35. The first kappa shape index (κ1) is 9.18. The maximum atomic E-state index is 4.41. The largest absolute Gasteiger partial charge is 0.312 e. The summed E-state index contributed by atoms with van der Waals surface area (Å²) >= 11 is 3.08. The molecule has 0 saturated carbocycles. The topological polar surface area (TPSA) is 37.8 Å². The molecule has 2 rings (SSSR count). The lowest BCUT2D eigenvalue weighted by molar-refractivity contribution is 0.738. The summed E-state index contributed by atoms with van der Waals surface area (Å²) in [7, 11) is 0. The van der Waals surface area contributed by atoms with E-state index in [1.54, 1.807) is 11.8 Å². The molecule has 0 amide bonds. The quantitative estimate of drug-likeness (QED) is 0.758. The van der Waals surface area contributed by atoms with Gasteiger partial charge < -0.3 is 5.32 Å². The third-order valence-corrected chi connectivity index (χ3v) is 3.35. The molecule has 0 unspecified atom stereocenters. The number of nitrogens with zero attached hydrogens (tertiary/aromatic N) is 2. The van der Waals surface area contributed by atoms with Crippen LogP contribution in [0.5, 0.6) is 0 Å². The Morgan fingerprint density at radius 3 is 3.15 bits per heavy atom. The Morgan fingerprint density at radius 2 is 2.54 bits per heavy atom. The van der Waals surface area contributed by atoms with Gasteiger partial charge in [-0.2, -0.15) is 4.37 Å². The third kappa shape index (κ3) is 2.10. The van der Waals surface area contributed by atoms with Gasteiger partial charge in [-0.15, -0.1) is 0 Å². The Bertz CT molecular complexity index is 319. The molecule has 0 saturated heterocycles. The van der Waals surface area contributed by atoms with Crippen LogP contribution in [0.3, 0.4) is 0 Å². The van der Waals surface area contributed by atoms with E-state index in [1.807, 2.05) is 6.26 Å². The van der Waals surface area contributed by atoms with E-state index in [4.69, 9.17) is 0 Å². The zero-order chi connectivity index (χ0) is 9.10. The second kappa shape index (κ2) is 4.21. The number of rotatable bonds is 2. The van der Waals surface area contributed by atoms with Gasteiger partial charge in [0.1, 0.15) is 5.01 Å². The van der Waals surface area contributed by atoms with Gasteiger partial charge in [0.15, 0.2) is 5.16 Å². The lowest BCUT2D eigenvalue weighted by atomic mass is 10.2. The van der Waals surface area contributed by atoms with Crippen LogP contribution in [0.15, 0.2) is 11.2 Å². The number of nitrogens with one attached hydrogen (secondary N) is 1. The van der Waals surface area contributed by atoms with E-state index in [1.165, 1.54) is 17.1 Å². The maximum Gasteiger partial charge on any atom is 0.200 e. The van der Waals surface area contributed by atoms with E-state index in [0.717, 1.165) is 29.7 Å². The minimum absolute atomic E-state index is 0.881. The standard InChI is InChI=1S/C8H11N3S2/c1-12-8-10-7(13-11-8)6-3-2-4-9-5-6/h3,9H,2,4-5H2,1H3. The lowest BCUT2D eigenvalue weighted by Gasteiger charge is -2.10. The van der Waals surface area contributed by atoms with Gasteiger partial charge in [0.05, 0.1) is 0 Å². The summed E-state index contributed by atoms with van der Waals surface area (Å²) in [4.78, 5) is 4.41. The van der Waals surface area contributed by atoms with E-state index >= 15 is 0 Å². The Morgan fingerprint density at radius 1 is 1.62 bits per heavy atom. The molecule has 13 heavy (non-hydrogen) atoms. The van der Waals surface area contributed by atoms with Crippen LogP contribution in [-0.4, -0.2) is 28.7 Å². The monoisotopic (exact) mass is 213 g/mol. The molecule has 0 fully saturated rings. The fourth-order valence-electron chi connectivity index (χ4n) is 1.23. The smallest absolute Gasteiger partial charge is 0.200 e. The molecule has 0 aromatic carbocycles. The van der Waals surface area contributed by atoms with Crippen LogP contribution in [0.4, 0.5) is 0 Å². The van der Waals surface area contributed by atoms with E-state index in [0.29, 0.717) is 0 Å². The van der Waals surface area contributed by atoms with Crippen LogP contribution in [-0.2, 0) is 0 Å². The van der Waals surface area contributed by atoms with Crippen molar-refractivity contribution < 1.29 is 0 Å². The molecule has 1 N–H and O–H groups in total. The molecular formula is C8H11N3S2. The molecule has 3 nitrogen and oxygen atoms in total. The summed E-state index contributed by atoms with van der Waals surface area (Å²) in [6.45, 7) is 2.01. The summed E-state index contributed by atoms with van der Waals surface area (Å²) in [5.74, 6) is 0. The van der Waals surface area contributed by atoms with Crippen molar-refractivity contribution in [2.75, 3.05) is 19.3 Å². The van der Waals surface area contributed by atoms with Gasteiger partial charge in [-0.05, 0) is 36.3 Å². The molecule has 5 heteroatoms. The number of aromatic nitrogens is 2. The highest BCUT2D eigenvalue weighted by Gasteiger charge is 2.10. The third-order valence-electron chi connectivity index (χ3n) is 1.89. The van der Waals surface area contributed by atoms with E-state index in [-0.39, 0.29) is 0 Å². The molecular weight excluding hydrogens is 202 g/mol. The van der Waals surface area contributed by atoms with Crippen molar-refractivity contribution in [2.24, 2.45) is 0 Å². The second-order valence-corrected chi connectivity index (χ2v) is 4.31. The predicted molar refractivity (Wildman–Crippen MR) is 57.2 cm³/mol. The van der Waals surface area contributed by atoms with Crippen LogP contribution in [0, 0.1) is 0 Å². The van der Waals surface area contributed by atoms with Crippen LogP contribution in [0.2, 0.25) is 0 Å². The molecule has 1 aromatic heterocycles. The van der Waals surface area contributed by atoms with Gasteiger partial charge in [0.2, 0.25) is 0 Å². The van der Waals surface area contributed by atoms with Crippen LogP contribution in [0.25, 0.3) is 5.57 Å². The molecule has 70 valence electrons. The minimum atomic E-state index is 0.881. The molecule has 1 aliphatic rings. The first-order valence-corrected chi connectivity index (χ1v) is 6.18. The fourth-order valence-corrected chi connectivity index (χ4v) is 2.49. The summed E-state index contributed by atoms with van der Waals surface area (Å²) in [5.41, 5.74) is 1.30. The van der Waals surface area contributed by atoms with Crippen molar-refractivity contribution in [3.63, 3.8) is 0 Å². The van der Waals surface area contributed by atoms with Crippen molar-refractivity contribution in [3.8, 4) is 0 Å². The zero-order valence-electron chi connectivity index (χ0n) is 7.41. The van der Waals surface area contributed by atoms with Gasteiger partial charge >= 0.3 is 0 Å². The Balaban J connectivity index is 2.19. The molecule has 0 radical (unpaired) electrons. The SMILES string of the molecule is CSc1nsc(C2=CCCNC2)n1. The molecule has 2 heterocycles. The predicted octanol–water partition coefficient (Wildman–Crippen LogP) is 1.64. The van der Waals surface area contributed by atoms with Gasteiger partial charge in [0, 0.05) is 6.54 Å².